The van der Waals surface area contributed by atoms with Gasteiger partial charge in [0.05, 0.1) is 6.61 Å². The van der Waals surface area contributed by atoms with E-state index in [1.807, 2.05) is 0 Å². The third kappa shape index (κ3) is 4.46. The summed E-state index contributed by atoms with van der Waals surface area (Å²) in [6.07, 6.45) is 2.53. The Morgan fingerprint density at radius 2 is 2.24 bits per heavy atom. The van der Waals surface area contributed by atoms with E-state index in [0.717, 1.165) is 12.5 Å². The van der Waals surface area contributed by atoms with Crippen LogP contribution in [0.3, 0.4) is 0 Å². The Hall–Kier alpha value is -1.04. The number of halogens is 1. The lowest BCUT2D eigenvalue weighted by Gasteiger charge is -2.29. The van der Waals surface area contributed by atoms with Gasteiger partial charge in [0.15, 0.2) is 0 Å². The van der Waals surface area contributed by atoms with E-state index in [-0.39, 0.29) is 5.82 Å². The summed E-state index contributed by atoms with van der Waals surface area (Å²) >= 11 is 4.97. The van der Waals surface area contributed by atoms with Crippen molar-refractivity contribution in [2.75, 3.05) is 20.3 Å². The fourth-order valence-corrected chi connectivity index (χ4v) is 2.71. The second-order valence-corrected chi connectivity index (χ2v) is 6.15. The van der Waals surface area contributed by atoms with Crippen molar-refractivity contribution in [3.8, 4) is 0 Å². The number of nitrogens with two attached hydrogens (primary N) is 1. The summed E-state index contributed by atoms with van der Waals surface area (Å²) in [5, 5.41) is 0. The predicted octanol–water partition coefficient (Wildman–Crippen LogP) is 2.71. The summed E-state index contributed by atoms with van der Waals surface area (Å²) in [5.74, 6) is 0.518. The molecule has 0 heterocycles. The molecule has 1 fully saturated rings. The second kappa shape index (κ2) is 7.29. The van der Waals surface area contributed by atoms with E-state index in [9.17, 15) is 4.39 Å². The van der Waals surface area contributed by atoms with Gasteiger partial charge in [-0.15, -0.1) is 0 Å². The molecule has 1 atom stereocenters. The Labute approximate surface area is 131 Å². The van der Waals surface area contributed by atoms with Gasteiger partial charge < -0.3 is 10.5 Å². The number of hydrogen-bond acceptors (Lipinski definition) is 3. The quantitative estimate of drug-likeness (QED) is 0.749. The molecule has 2 rings (SSSR count). The van der Waals surface area contributed by atoms with Crippen LogP contribution in [-0.2, 0) is 11.3 Å². The third-order valence-electron chi connectivity index (χ3n) is 4.17. The third-order valence-corrected chi connectivity index (χ3v) is 4.40. The average molecular weight is 310 g/mol. The van der Waals surface area contributed by atoms with Gasteiger partial charge >= 0.3 is 0 Å². The van der Waals surface area contributed by atoms with Gasteiger partial charge in [-0.3, -0.25) is 4.90 Å². The number of benzene rings is 1. The van der Waals surface area contributed by atoms with Crippen molar-refractivity contribution in [1.29, 1.82) is 0 Å². The monoisotopic (exact) mass is 310 g/mol. The van der Waals surface area contributed by atoms with Crippen molar-refractivity contribution in [1.82, 2.24) is 4.90 Å². The van der Waals surface area contributed by atoms with Crippen LogP contribution in [0, 0.1) is 11.7 Å². The Balaban J connectivity index is 2.14. The lowest BCUT2D eigenvalue weighted by molar-refractivity contribution is 0.111. The first-order valence-corrected chi connectivity index (χ1v) is 7.75. The molecule has 0 radical (unpaired) electrons. The second-order valence-electron chi connectivity index (χ2n) is 5.71. The van der Waals surface area contributed by atoms with Gasteiger partial charge in [-0.25, -0.2) is 4.39 Å². The van der Waals surface area contributed by atoms with Crippen LogP contribution >= 0.6 is 12.2 Å². The molecule has 21 heavy (non-hydrogen) atoms. The highest BCUT2D eigenvalue weighted by molar-refractivity contribution is 7.80. The Kier molecular flexibility index (Phi) is 5.67. The highest BCUT2D eigenvalue weighted by Crippen LogP contribution is 2.35. The summed E-state index contributed by atoms with van der Waals surface area (Å²) in [4.78, 5) is 2.58. The molecule has 0 spiro atoms. The van der Waals surface area contributed by atoms with Crippen LogP contribution in [0.15, 0.2) is 18.2 Å². The number of ether oxygens (including phenoxy) is 1. The molecule has 1 aromatic carbocycles. The van der Waals surface area contributed by atoms with Crippen molar-refractivity contribution in [3.63, 3.8) is 0 Å². The molecule has 0 amide bonds. The fourth-order valence-electron chi connectivity index (χ4n) is 2.58. The molecule has 1 aromatic rings. The lowest BCUT2D eigenvalue weighted by atomic mass is 10.1. The SMILES string of the molecule is COCCN(Cc1cc(C(N)=S)ccc1F)C(C)C1CC1. The molecule has 1 aliphatic rings. The van der Waals surface area contributed by atoms with Gasteiger partial charge in [-0.05, 0) is 43.9 Å². The molecule has 0 aromatic heterocycles. The van der Waals surface area contributed by atoms with Crippen LogP contribution in [-0.4, -0.2) is 36.2 Å². The van der Waals surface area contributed by atoms with Crippen LogP contribution in [0.1, 0.15) is 30.9 Å². The van der Waals surface area contributed by atoms with Crippen LogP contribution < -0.4 is 5.73 Å². The van der Waals surface area contributed by atoms with Gasteiger partial charge in [0.25, 0.3) is 0 Å². The zero-order valence-electron chi connectivity index (χ0n) is 12.6. The molecule has 0 bridgehead atoms. The van der Waals surface area contributed by atoms with Gasteiger partial charge in [0.2, 0.25) is 0 Å². The molecular weight excluding hydrogens is 287 g/mol. The maximum absolute atomic E-state index is 14.1. The van der Waals surface area contributed by atoms with Gasteiger partial charge in [-0.1, -0.05) is 12.2 Å². The van der Waals surface area contributed by atoms with Crippen molar-refractivity contribution < 1.29 is 9.13 Å². The molecule has 116 valence electrons. The molecule has 1 saturated carbocycles. The number of thiocarbonyl (C=S) groups is 1. The maximum Gasteiger partial charge on any atom is 0.127 e. The summed E-state index contributed by atoms with van der Waals surface area (Å²) in [7, 11) is 1.69. The van der Waals surface area contributed by atoms with Crippen molar-refractivity contribution in [2.45, 2.75) is 32.4 Å². The van der Waals surface area contributed by atoms with Crippen LogP contribution in [0.5, 0.6) is 0 Å². The van der Waals surface area contributed by atoms with Crippen LogP contribution in [0.25, 0.3) is 0 Å². The van der Waals surface area contributed by atoms with E-state index >= 15 is 0 Å². The minimum Gasteiger partial charge on any atom is -0.389 e. The minimum absolute atomic E-state index is 0.208. The minimum atomic E-state index is -0.208. The predicted molar refractivity (Wildman–Crippen MR) is 86.8 cm³/mol. The van der Waals surface area contributed by atoms with Gasteiger partial charge in [0.1, 0.15) is 10.8 Å². The van der Waals surface area contributed by atoms with Gasteiger partial charge in [-0.2, -0.15) is 0 Å². The van der Waals surface area contributed by atoms with Crippen molar-refractivity contribution in [2.24, 2.45) is 11.7 Å². The number of nitrogens with zero attached hydrogens (tertiary/aromatic N) is 1. The van der Waals surface area contributed by atoms with E-state index < -0.39 is 0 Å². The normalized spacial score (nSPS) is 16.2. The smallest absolute Gasteiger partial charge is 0.127 e. The molecule has 3 nitrogen and oxygen atoms in total. The van der Waals surface area contributed by atoms with E-state index in [0.29, 0.717) is 35.3 Å². The number of methoxy groups -OCH3 is 1. The zero-order chi connectivity index (χ0) is 15.4. The first-order valence-electron chi connectivity index (χ1n) is 7.34. The molecule has 5 heteroatoms. The highest BCUT2D eigenvalue weighted by Gasteiger charge is 2.32. The molecule has 1 aliphatic carbocycles. The molecular formula is C16H23FN2OS. The summed E-state index contributed by atoms with van der Waals surface area (Å²) < 4.78 is 19.2. The van der Waals surface area contributed by atoms with Crippen molar-refractivity contribution >= 4 is 17.2 Å². The summed E-state index contributed by atoms with van der Waals surface area (Å²) in [6.45, 7) is 4.21. The first-order chi connectivity index (χ1) is 10.0. The van der Waals surface area contributed by atoms with E-state index in [1.165, 1.54) is 18.9 Å². The van der Waals surface area contributed by atoms with E-state index in [1.54, 1.807) is 19.2 Å². The summed E-state index contributed by atoms with van der Waals surface area (Å²) in [5.41, 5.74) is 6.99. The Morgan fingerprint density at radius 3 is 2.81 bits per heavy atom. The molecule has 0 saturated heterocycles. The fraction of sp³-hybridized carbons (Fsp3) is 0.562. The molecule has 0 aliphatic heterocycles. The number of hydrogen-bond donors (Lipinski definition) is 1. The first kappa shape index (κ1) is 16.3. The average Bonchev–Trinajstić information content (AvgIpc) is 3.28. The zero-order valence-corrected chi connectivity index (χ0v) is 13.5. The van der Waals surface area contributed by atoms with Crippen LogP contribution in [0.4, 0.5) is 4.39 Å². The summed E-state index contributed by atoms with van der Waals surface area (Å²) in [6, 6.07) is 5.27. The van der Waals surface area contributed by atoms with Gasteiger partial charge in [0, 0.05) is 37.4 Å². The Morgan fingerprint density at radius 1 is 1.52 bits per heavy atom. The van der Waals surface area contributed by atoms with E-state index in [4.69, 9.17) is 22.7 Å². The molecule has 1 unspecified atom stereocenters. The van der Waals surface area contributed by atoms with Crippen LogP contribution in [0.2, 0.25) is 0 Å². The molecule has 2 N–H and O–H groups in total. The van der Waals surface area contributed by atoms with Crippen molar-refractivity contribution in [3.05, 3.63) is 35.1 Å². The lowest BCUT2D eigenvalue weighted by Crippen LogP contribution is -2.37. The Bertz CT molecular complexity index is 505. The maximum atomic E-state index is 14.1. The highest BCUT2D eigenvalue weighted by atomic mass is 32.1. The largest absolute Gasteiger partial charge is 0.389 e. The number of rotatable bonds is 8. The van der Waals surface area contributed by atoms with E-state index in [2.05, 4.69) is 11.8 Å². The topological polar surface area (TPSA) is 38.5 Å². The standard InChI is InChI=1S/C16H23FN2OS/c1-11(12-3-4-12)19(7-8-20-2)10-14-9-13(16(18)21)5-6-15(14)17/h5-6,9,11-12H,3-4,7-8,10H2,1-2H3,(H2,18,21).